The van der Waals surface area contributed by atoms with Gasteiger partial charge in [0.2, 0.25) is 11.1 Å². The lowest BCUT2D eigenvalue weighted by atomic mass is 9.88. The Balaban J connectivity index is 1.39. The zero-order chi connectivity index (χ0) is 20.2. The van der Waals surface area contributed by atoms with Crippen LogP contribution in [-0.2, 0) is 11.2 Å². The number of nitrogens with zero attached hydrogens (tertiary/aromatic N) is 2. The molecule has 0 aliphatic heterocycles. The fraction of sp³-hybridized carbons (Fsp3) is 0.318. The maximum atomic E-state index is 12.8. The zero-order valence-electron chi connectivity index (χ0n) is 16.5. The van der Waals surface area contributed by atoms with Crippen molar-refractivity contribution in [2.24, 2.45) is 0 Å². The first-order valence-corrected chi connectivity index (χ1v) is 10.6. The molecule has 0 saturated heterocycles. The van der Waals surface area contributed by atoms with Crippen LogP contribution in [0.25, 0.3) is 11.4 Å². The van der Waals surface area contributed by atoms with Crippen LogP contribution in [0.1, 0.15) is 36.9 Å². The Labute approximate surface area is 174 Å². The van der Waals surface area contributed by atoms with Gasteiger partial charge in [0, 0.05) is 5.56 Å². The molecule has 4 rings (SSSR count). The summed E-state index contributed by atoms with van der Waals surface area (Å²) in [5.74, 6) is 1.47. The molecule has 1 aromatic heterocycles. The third kappa shape index (κ3) is 4.45. The molecule has 7 heteroatoms. The maximum absolute atomic E-state index is 12.8. The molecular formula is C22H24N4O2S. The Morgan fingerprint density at radius 3 is 2.83 bits per heavy atom. The Hall–Kier alpha value is -2.80. The zero-order valence-corrected chi connectivity index (χ0v) is 17.3. The SMILES string of the molecule is COc1ccc(-c2nc(S[C@H](C)C(=O)N[C@H]3CCCc4ccccc43)n[nH]2)cc1. The first kappa shape index (κ1) is 19.5. The van der Waals surface area contributed by atoms with Gasteiger partial charge in [0.1, 0.15) is 5.75 Å². The number of hydrogen-bond donors (Lipinski definition) is 2. The molecule has 0 radical (unpaired) electrons. The minimum atomic E-state index is -0.288. The van der Waals surface area contributed by atoms with E-state index in [-0.39, 0.29) is 17.2 Å². The number of H-pyrrole nitrogens is 1. The van der Waals surface area contributed by atoms with Crippen LogP contribution >= 0.6 is 11.8 Å². The molecule has 0 saturated carbocycles. The van der Waals surface area contributed by atoms with Crippen molar-refractivity contribution < 1.29 is 9.53 Å². The highest BCUT2D eigenvalue weighted by molar-refractivity contribution is 8.00. The molecule has 29 heavy (non-hydrogen) atoms. The summed E-state index contributed by atoms with van der Waals surface area (Å²) in [4.78, 5) is 17.3. The molecule has 2 aromatic carbocycles. The number of methoxy groups -OCH3 is 1. The smallest absolute Gasteiger partial charge is 0.233 e. The number of benzene rings is 2. The largest absolute Gasteiger partial charge is 0.497 e. The molecule has 0 fully saturated rings. The van der Waals surface area contributed by atoms with E-state index in [1.54, 1.807) is 7.11 Å². The van der Waals surface area contributed by atoms with Crippen LogP contribution in [0.15, 0.2) is 53.7 Å². The molecule has 2 atom stereocenters. The summed E-state index contributed by atoms with van der Waals surface area (Å²) in [5.41, 5.74) is 3.49. The molecule has 1 heterocycles. The van der Waals surface area contributed by atoms with Crippen LogP contribution < -0.4 is 10.1 Å². The van der Waals surface area contributed by atoms with Crippen LogP contribution in [0, 0.1) is 0 Å². The lowest BCUT2D eigenvalue weighted by molar-refractivity contribution is -0.121. The van der Waals surface area contributed by atoms with Crippen molar-refractivity contribution in [1.82, 2.24) is 20.5 Å². The van der Waals surface area contributed by atoms with E-state index < -0.39 is 0 Å². The number of aromatic amines is 1. The average molecular weight is 409 g/mol. The van der Waals surface area contributed by atoms with E-state index in [1.165, 1.54) is 22.9 Å². The van der Waals surface area contributed by atoms with Crippen molar-refractivity contribution in [2.75, 3.05) is 7.11 Å². The van der Waals surface area contributed by atoms with Gasteiger partial charge in [-0.2, -0.15) is 0 Å². The fourth-order valence-corrected chi connectivity index (χ4v) is 4.32. The summed E-state index contributed by atoms with van der Waals surface area (Å²) < 4.78 is 5.18. The molecule has 0 unspecified atom stereocenters. The van der Waals surface area contributed by atoms with Gasteiger partial charge in [-0.25, -0.2) is 4.98 Å². The van der Waals surface area contributed by atoms with Gasteiger partial charge in [-0.3, -0.25) is 9.89 Å². The molecule has 0 bridgehead atoms. The highest BCUT2D eigenvalue weighted by atomic mass is 32.2. The number of aromatic nitrogens is 3. The van der Waals surface area contributed by atoms with Crippen molar-refractivity contribution in [3.63, 3.8) is 0 Å². The van der Waals surface area contributed by atoms with Gasteiger partial charge in [0.05, 0.1) is 18.4 Å². The van der Waals surface area contributed by atoms with E-state index in [0.29, 0.717) is 11.0 Å². The molecular weight excluding hydrogens is 384 g/mol. The number of ether oxygens (including phenoxy) is 1. The molecule has 0 spiro atoms. The van der Waals surface area contributed by atoms with Crippen molar-refractivity contribution in [1.29, 1.82) is 0 Å². The number of hydrogen-bond acceptors (Lipinski definition) is 5. The second kappa shape index (κ2) is 8.69. The minimum absolute atomic E-state index is 0.00694. The number of thioether (sulfide) groups is 1. The molecule has 3 aromatic rings. The topological polar surface area (TPSA) is 79.9 Å². The standard InChI is InChI=1S/C22H24N4O2S/c1-14(21(27)23-19-9-5-7-15-6-3-4-8-18(15)19)29-22-24-20(25-26-22)16-10-12-17(28-2)13-11-16/h3-4,6,8,10-14,19H,5,7,9H2,1-2H3,(H,23,27)(H,24,25,26)/t14-,19+/m1/s1. The van der Waals surface area contributed by atoms with E-state index in [4.69, 9.17) is 4.74 Å². The number of nitrogens with one attached hydrogen (secondary N) is 2. The summed E-state index contributed by atoms with van der Waals surface area (Å²) in [7, 11) is 1.64. The number of carbonyl (C=O) groups is 1. The predicted octanol–water partition coefficient (Wildman–Crippen LogP) is 4.15. The van der Waals surface area contributed by atoms with Crippen LogP contribution in [0.3, 0.4) is 0 Å². The first-order valence-electron chi connectivity index (χ1n) is 9.75. The van der Waals surface area contributed by atoms with E-state index in [9.17, 15) is 4.79 Å². The summed E-state index contributed by atoms with van der Waals surface area (Å²) in [6.45, 7) is 1.89. The van der Waals surface area contributed by atoms with E-state index in [0.717, 1.165) is 30.6 Å². The van der Waals surface area contributed by atoms with Gasteiger partial charge in [0.25, 0.3) is 0 Å². The normalized spacial score (nSPS) is 16.7. The number of rotatable bonds is 6. The van der Waals surface area contributed by atoms with E-state index in [2.05, 4.69) is 38.7 Å². The van der Waals surface area contributed by atoms with Crippen molar-refractivity contribution in [3.05, 3.63) is 59.7 Å². The third-order valence-corrected chi connectivity index (χ3v) is 6.13. The Bertz CT molecular complexity index is 986. The third-order valence-electron chi connectivity index (χ3n) is 5.17. The lowest BCUT2D eigenvalue weighted by Gasteiger charge is -2.27. The van der Waals surface area contributed by atoms with Crippen molar-refractivity contribution in [3.8, 4) is 17.1 Å². The fourth-order valence-electron chi connectivity index (χ4n) is 3.58. The predicted molar refractivity (Wildman–Crippen MR) is 114 cm³/mol. The summed E-state index contributed by atoms with van der Waals surface area (Å²) >= 11 is 1.35. The second-order valence-corrected chi connectivity index (χ2v) is 8.42. The lowest BCUT2D eigenvalue weighted by Crippen LogP contribution is -2.35. The van der Waals surface area contributed by atoms with Crippen LogP contribution in [-0.4, -0.2) is 33.4 Å². The van der Waals surface area contributed by atoms with Gasteiger partial charge in [-0.05, 0) is 61.6 Å². The van der Waals surface area contributed by atoms with Gasteiger partial charge >= 0.3 is 0 Å². The second-order valence-electron chi connectivity index (χ2n) is 7.11. The number of fused-ring (bicyclic) bond motifs is 1. The van der Waals surface area contributed by atoms with Crippen molar-refractivity contribution >= 4 is 17.7 Å². The number of carbonyl (C=O) groups excluding carboxylic acids is 1. The van der Waals surface area contributed by atoms with Crippen molar-refractivity contribution in [2.45, 2.75) is 42.6 Å². The monoisotopic (exact) mass is 408 g/mol. The molecule has 1 aliphatic carbocycles. The summed E-state index contributed by atoms with van der Waals surface area (Å²) in [6, 6.07) is 16.0. The van der Waals surface area contributed by atoms with E-state index in [1.807, 2.05) is 37.3 Å². The Morgan fingerprint density at radius 1 is 1.24 bits per heavy atom. The molecule has 150 valence electrons. The van der Waals surface area contributed by atoms with Crippen LogP contribution in [0.2, 0.25) is 0 Å². The van der Waals surface area contributed by atoms with E-state index >= 15 is 0 Å². The highest BCUT2D eigenvalue weighted by Gasteiger charge is 2.24. The minimum Gasteiger partial charge on any atom is -0.497 e. The first-order chi connectivity index (χ1) is 14.1. The summed E-state index contributed by atoms with van der Waals surface area (Å²) in [6.07, 6.45) is 3.15. The summed E-state index contributed by atoms with van der Waals surface area (Å²) in [5, 5.41) is 10.7. The maximum Gasteiger partial charge on any atom is 0.233 e. The highest BCUT2D eigenvalue weighted by Crippen LogP contribution is 2.30. The molecule has 1 aliphatic rings. The Morgan fingerprint density at radius 2 is 2.03 bits per heavy atom. The molecule has 1 amide bonds. The van der Waals surface area contributed by atoms with Gasteiger partial charge in [0.15, 0.2) is 5.82 Å². The van der Waals surface area contributed by atoms with Crippen LogP contribution in [0.5, 0.6) is 5.75 Å². The Kier molecular flexibility index (Phi) is 5.85. The van der Waals surface area contributed by atoms with Gasteiger partial charge < -0.3 is 10.1 Å². The quantitative estimate of drug-likeness (QED) is 0.599. The molecule has 6 nitrogen and oxygen atoms in total. The van der Waals surface area contributed by atoms with Crippen LogP contribution in [0.4, 0.5) is 0 Å². The number of aryl methyl sites for hydroxylation is 1. The molecule has 2 N–H and O–H groups in total. The number of amides is 1. The van der Waals surface area contributed by atoms with Gasteiger partial charge in [-0.1, -0.05) is 36.0 Å². The average Bonchev–Trinajstić information content (AvgIpc) is 3.22. The van der Waals surface area contributed by atoms with Gasteiger partial charge in [-0.15, -0.1) is 5.10 Å².